The maximum atomic E-state index is 2.32. The largest absolute Gasteiger partial charge is 0.159 e. The minimum absolute atomic E-state index is 0.694. The topological polar surface area (TPSA) is 0 Å². The predicted molar refractivity (Wildman–Crippen MR) is 45.0 cm³/mol. The van der Waals surface area contributed by atoms with Crippen LogP contribution in [0.15, 0.2) is 0 Å². The Balaban J connectivity index is 2.45. The van der Waals surface area contributed by atoms with Crippen molar-refractivity contribution in [3.05, 3.63) is 0 Å². The van der Waals surface area contributed by atoms with Gasteiger partial charge in [-0.1, -0.05) is 19.8 Å². The van der Waals surface area contributed by atoms with Crippen molar-refractivity contribution in [1.82, 2.24) is 0 Å². The zero-order valence-corrected chi connectivity index (χ0v) is 7.26. The Labute approximate surface area is 62.4 Å². The summed E-state index contributed by atoms with van der Waals surface area (Å²) in [5, 5.41) is 0. The Morgan fingerprint density at radius 3 is 2.11 bits per heavy atom. The summed E-state index contributed by atoms with van der Waals surface area (Å²) in [6.07, 6.45) is 9.49. The fourth-order valence-corrected chi connectivity index (χ4v) is 2.71. The highest BCUT2D eigenvalue weighted by molar-refractivity contribution is 8.00. The van der Waals surface area contributed by atoms with Gasteiger partial charge in [0.15, 0.2) is 0 Å². The predicted octanol–water partition coefficient (Wildman–Crippen LogP) is 3.07. The molecule has 1 aliphatic carbocycles. The van der Waals surface area contributed by atoms with Gasteiger partial charge >= 0.3 is 0 Å². The van der Waals surface area contributed by atoms with Crippen LogP contribution in [0.4, 0.5) is 0 Å². The summed E-state index contributed by atoms with van der Waals surface area (Å²) in [4.78, 5) is 0. The molecule has 9 heavy (non-hydrogen) atoms. The maximum Gasteiger partial charge on any atom is 0.0154 e. The van der Waals surface area contributed by atoms with Crippen LogP contribution < -0.4 is 0 Å². The first-order chi connectivity index (χ1) is 4.33. The van der Waals surface area contributed by atoms with Crippen LogP contribution in [0, 0.1) is 0 Å². The number of rotatable bonds is 2. The third-order valence-electron chi connectivity index (χ3n) is 2.59. The van der Waals surface area contributed by atoms with E-state index < -0.39 is 0 Å². The first kappa shape index (κ1) is 7.46. The molecule has 1 rings (SSSR count). The second-order valence-electron chi connectivity index (χ2n) is 2.95. The Morgan fingerprint density at radius 1 is 1.33 bits per heavy atom. The van der Waals surface area contributed by atoms with E-state index in [1.807, 2.05) is 0 Å². The van der Waals surface area contributed by atoms with Crippen LogP contribution in [-0.4, -0.2) is 11.0 Å². The van der Waals surface area contributed by atoms with E-state index in [1.54, 1.807) is 0 Å². The van der Waals surface area contributed by atoms with Crippen molar-refractivity contribution in [3.63, 3.8) is 0 Å². The summed E-state index contributed by atoms with van der Waals surface area (Å²) >= 11 is 2.08. The van der Waals surface area contributed by atoms with Gasteiger partial charge in [-0.2, -0.15) is 11.8 Å². The molecule has 0 aromatic heterocycles. The van der Waals surface area contributed by atoms with E-state index in [9.17, 15) is 0 Å². The number of hydrogen-bond acceptors (Lipinski definition) is 1. The molecule has 1 aliphatic rings. The fraction of sp³-hybridized carbons (Fsp3) is 1.00. The van der Waals surface area contributed by atoms with Crippen LogP contribution >= 0.6 is 11.8 Å². The van der Waals surface area contributed by atoms with Crippen molar-refractivity contribution >= 4 is 11.8 Å². The second kappa shape index (κ2) is 2.96. The molecular formula is C8H16S. The maximum absolute atomic E-state index is 2.32. The third-order valence-corrected chi connectivity index (χ3v) is 4.16. The van der Waals surface area contributed by atoms with Crippen LogP contribution in [0.1, 0.15) is 39.0 Å². The van der Waals surface area contributed by atoms with Crippen molar-refractivity contribution < 1.29 is 0 Å². The normalized spacial score (nSPS) is 24.7. The number of thioether (sulfide) groups is 1. The Bertz CT molecular complexity index is 76.6. The van der Waals surface area contributed by atoms with E-state index in [0.717, 1.165) is 0 Å². The molecule has 0 aromatic carbocycles. The lowest BCUT2D eigenvalue weighted by Crippen LogP contribution is -2.17. The van der Waals surface area contributed by atoms with Gasteiger partial charge in [0, 0.05) is 4.75 Å². The zero-order valence-electron chi connectivity index (χ0n) is 6.44. The molecule has 0 aromatic rings. The van der Waals surface area contributed by atoms with Crippen LogP contribution in [0.2, 0.25) is 0 Å². The lowest BCUT2D eigenvalue weighted by atomic mass is 10.0. The molecule has 0 bridgehead atoms. The van der Waals surface area contributed by atoms with Crippen molar-refractivity contribution in [3.8, 4) is 0 Å². The highest BCUT2D eigenvalue weighted by Crippen LogP contribution is 2.42. The van der Waals surface area contributed by atoms with E-state index in [0.29, 0.717) is 4.75 Å². The molecule has 0 aliphatic heterocycles. The molecule has 0 N–H and O–H groups in total. The first-order valence-electron chi connectivity index (χ1n) is 3.88. The lowest BCUT2D eigenvalue weighted by molar-refractivity contribution is 0.589. The monoisotopic (exact) mass is 144 g/mol. The van der Waals surface area contributed by atoms with Crippen molar-refractivity contribution in [2.75, 3.05) is 6.26 Å². The van der Waals surface area contributed by atoms with Gasteiger partial charge in [-0.15, -0.1) is 0 Å². The van der Waals surface area contributed by atoms with E-state index in [-0.39, 0.29) is 0 Å². The highest BCUT2D eigenvalue weighted by Gasteiger charge is 2.30. The van der Waals surface area contributed by atoms with E-state index >= 15 is 0 Å². The molecule has 0 spiro atoms. The summed E-state index contributed by atoms with van der Waals surface area (Å²) in [5.74, 6) is 0. The fourth-order valence-electron chi connectivity index (χ4n) is 1.72. The summed E-state index contributed by atoms with van der Waals surface area (Å²) in [7, 11) is 0. The molecule has 0 saturated heterocycles. The first-order valence-corrected chi connectivity index (χ1v) is 5.10. The molecule has 1 saturated carbocycles. The lowest BCUT2D eigenvalue weighted by Gasteiger charge is -2.24. The molecule has 0 amide bonds. The quantitative estimate of drug-likeness (QED) is 0.574. The van der Waals surface area contributed by atoms with E-state index in [1.165, 1.54) is 32.1 Å². The Kier molecular flexibility index (Phi) is 2.45. The molecule has 0 unspecified atom stereocenters. The van der Waals surface area contributed by atoms with Crippen molar-refractivity contribution in [2.45, 2.75) is 43.8 Å². The minimum atomic E-state index is 0.694. The van der Waals surface area contributed by atoms with Gasteiger partial charge in [0.25, 0.3) is 0 Å². The van der Waals surface area contributed by atoms with Crippen LogP contribution in [0.5, 0.6) is 0 Å². The van der Waals surface area contributed by atoms with Crippen LogP contribution in [0.3, 0.4) is 0 Å². The van der Waals surface area contributed by atoms with Gasteiger partial charge in [0.1, 0.15) is 0 Å². The molecule has 0 radical (unpaired) electrons. The minimum Gasteiger partial charge on any atom is -0.159 e. The molecular weight excluding hydrogens is 128 g/mol. The smallest absolute Gasteiger partial charge is 0.0154 e. The highest BCUT2D eigenvalue weighted by atomic mass is 32.2. The molecule has 0 heterocycles. The van der Waals surface area contributed by atoms with Crippen LogP contribution in [0.25, 0.3) is 0 Å². The molecule has 54 valence electrons. The van der Waals surface area contributed by atoms with Crippen molar-refractivity contribution in [2.24, 2.45) is 0 Å². The summed E-state index contributed by atoms with van der Waals surface area (Å²) in [6, 6.07) is 0. The molecule has 0 nitrogen and oxygen atoms in total. The number of hydrogen-bond donors (Lipinski definition) is 0. The van der Waals surface area contributed by atoms with Gasteiger partial charge in [-0.25, -0.2) is 0 Å². The summed E-state index contributed by atoms with van der Waals surface area (Å²) in [6.45, 7) is 2.32. The second-order valence-corrected chi connectivity index (χ2v) is 4.22. The zero-order chi connectivity index (χ0) is 6.74. The van der Waals surface area contributed by atoms with E-state index in [2.05, 4.69) is 24.9 Å². The average molecular weight is 144 g/mol. The Morgan fingerprint density at radius 2 is 1.89 bits per heavy atom. The standard InChI is InChI=1S/C8H16S/c1-3-8(9-2)6-4-5-7-8/h3-7H2,1-2H3. The molecule has 0 atom stereocenters. The molecule has 1 fully saturated rings. The Hall–Kier alpha value is 0.350. The van der Waals surface area contributed by atoms with Gasteiger partial charge in [-0.3, -0.25) is 0 Å². The van der Waals surface area contributed by atoms with Gasteiger partial charge in [0.2, 0.25) is 0 Å². The molecule has 1 heteroatoms. The van der Waals surface area contributed by atoms with E-state index in [4.69, 9.17) is 0 Å². The average Bonchev–Trinajstić information content (AvgIpc) is 2.36. The van der Waals surface area contributed by atoms with Gasteiger partial charge in [0.05, 0.1) is 0 Å². The SMILES string of the molecule is CCC1(SC)CCCC1. The van der Waals surface area contributed by atoms with Gasteiger partial charge in [-0.05, 0) is 25.5 Å². The summed E-state index contributed by atoms with van der Waals surface area (Å²) < 4.78 is 0.694. The van der Waals surface area contributed by atoms with Crippen molar-refractivity contribution in [1.29, 1.82) is 0 Å². The van der Waals surface area contributed by atoms with Gasteiger partial charge < -0.3 is 0 Å². The summed E-state index contributed by atoms with van der Waals surface area (Å²) in [5.41, 5.74) is 0. The third kappa shape index (κ3) is 1.43. The van der Waals surface area contributed by atoms with Crippen LogP contribution in [-0.2, 0) is 0 Å².